The number of alkyl halides is 3. The Labute approximate surface area is 266 Å². The maximum absolute atomic E-state index is 13.1. The van der Waals surface area contributed by atoms with Gasteiger partial charge >= 0.3 is 6.36 Å². The van der Waals surface area contributed by atoms with Crippen LogP contribution in [-0.2, 0) is 11.2 Å². The average Bonchev–Trinajstić information content (AvgIpc) is 3.47. The number of hydrogen-bond donors (Lipinski definition) is 1. The lowest BCUT2D eigenvalue weighted by Gasteiger charge is -2.39. The number of carbonyl (C=O) groups excluding carboxylic acids is 1. The van der Waals surface area contributed by atoms with Crippen molar-refractivity contribution in [1.82, 2.24) is 20.1 Å². The molecule has 3 aromatic carbocycles. The monoisotopic (exact) mass is 637 g/mol. The summed E-state index contributed by atoms with van der Waals surface area (Å²) in [4.78, 5) is 19.8. The Hall–Kier alpha value is -3.99. The number of nitrogens with zero attached hydrogens (tertiary/aromatic N) is 4. The summed E-state index contributed by atoms with van der Waals surface area (Å²) < 4.78 is 42.7. The van der Waals surface area contributed by atoms with Crippen LogP contribution in [0.3, 0.4) is 0 Å². The zero-order valence-corrected chi connectivity index (χ0v) is 26.7. The van der Waals surface area contributed by atoms with Crippen molar-refractivity contribution < 1.29 is 22.7 Å². The molecule has 4 aromatic rings. The van der Waals surface area contributed by atoms with Crippen molar-refractivity contribution in [3.63, 3.8) is 0 Å². The molecule has 0 bridgehead atoms. The molecule has 2 atom stereocenters. The fraction of sp³-hybridized carbons (Fsp3) is 0.382. The van der Waals surface area contributed by atoms with E-state index in [0.29, 0.717) is 17.9 Å². The number of rotatable bonds is 10. The highest BCUT2D eigenvalue weighted by Gasteiger charge is 2.31. The number of halogens is 3. The van der Waals surface area contributed by atoms with Crippen molar-refractivity contribution >= 4 is 23.4 Å². The van der Waals surface area contributed by atoms with Gasteiger partial charge in [0.05, 0.1) is 5.69 Å². The van der Waals surface area contributed by atoms with E-state index in [-0.39, 0.29) is 23.1 Å². The smallest absolute Gasteiger partial charge is 0.406 e. The summed E-state index contributed by atoms with van der Waals surface area (Å²) in [6, 6.07) is 17.8. The topological polar surface area (TPSA) is 72.3 Å². The molecule has 1 aliphatic heterocycles. The van der Waals surface area contributed by atoms with Gasteiger partial charge in [-0.25, -0.2) is 9.67 Å². The quantitative estimate of drug-likeness (QED) is 0.192. The number of thioether (sulfide) groups is 1. The molecule has 238 valence electrons. The lowest BCUT2D eigenvalue weighted by molar-refractivity contribution is -0.274. The Balaban J connectivity index is 1.12. The Kier molecular flexibility index (Phi) is 10.1. The van der Waals surface area contributed by atoms with Crippen LogP contribution >= 0.6 is 11.8 Å². The van der Waals surface area contributed by atoms with Crippen molar-refractivity contribution in [3.05, 3.63) is 89.2 Å². The summed E-state index contributed by atoms with van der Waals surface area (Å²) >= 11 is 1.80. The van der Waals surface area contributed by atoms with Crippen LogP contribution in [0, 0.1) is 26.7 Å². The summed E-state index contributed by atoms with van der Waals surface area (Å²) in [5.74, 6) is 1.54. The van der Waals surface area contributed by atoms with Gasteiger partial charge < -0.3 is 15.0 Å². The van der Waals surface area contributed by atoms with Crippen LogP contribution < -0.4 is 15.0 Å². The van der Waals surface area contributed by atoms with Gasteiger partial charge in [0.15, 0.2) is 5.82 Å². The van der Waals surface area contributed by atoms with Crippen LogP contribution in [-0.4, -0.2) is 44.8 Å². The number of aromatic nitrogens is 3. The molecule has 1 N–H and O–H groups in total. The Morgan fingerprint density at radius 3 is 2.42 bits per heavy atom. The van der Waals surface area contributed by atoms with Crippen molar-refractivity contribution in [2.75, 3.05) is 17.2 Å². The lowest BCUT2D eigenvalue weighted by atomic mass is 9.97. The highest BCUT2D eigenvalue weighted by atomic mass is 32.2. The maximum Gasteiger partial charge on any atom is 0.573 e. The number of anilines is 1. The van der Waals surface area contributed by atoms with Gasteiger partial charge in [0.25, 0.3) is 0 Å². The third-order valence-electron chi connectivity index (χ3n) is 7.81. The van der Waals surface area contributed by atoms with Crippen molar-refractivity contribution in [2.45, 2.75) is 65.2 Å². The minimum Gasteiger partial charge on any atom is -0.406 e. The van der Waals surface area contributed by atoms with Gasteiger partial charge in [0.2, 0.25) is 5.91 Å². The second-order valence-electron chi connectivity index (χ2n) is 11.7. The standard InChI is InChI=1S/C34H38F3N5O2S/c1-22(20-30(43)39-33-41(16-5-17-45-33)31-24(3)18-23(2)19-25(31)4)6-7-26-8-10-27(11-9-26)32-38-21-42(40-32)28-12-14-29(15-13-28)44-34(35,36)37/h8-15,18-19,21-22,33H,5-7,16-17,20H2,1-4H3,(H,39,43). The van der Waals surface area contributed by atoms with Crippen molar-refractivity contribution in [2.24, 2.45) is 5.92 Å². The van der Waals surface area contributed by atoms with Crippen molar-refractivity contribution in [1.29, 1.82) is 0 Å². The Bertz CT molecular complexity index is 1580. The fourth-order valence-corrected chi connectivity index (χ4v) is 6.90. The van der Waals surface area contributed by atoms with Gasteiger partial charge in [-0.2, -0.15) is 0 Å². The minimum absolute atomic E-state index is 0.0639. The molecule has 1 saturated heterocycles. The number of ether oxygens (including phenoxy) is 1. The largest absolute Gasteiger partial charge is 0.573 e. The van der Waals surface area contributed by atoms with E-state index in [2.05, 4.69) is 64.9 Å². The second-order valence-corrected chi connectivity index (χ2v) is 12.9. The highest BCUT2D eigenvalue weighted by molar-refractivity contribution is 8.00. The molecule has 1 aliphatic rings. The molecule has 0 saturated carbocycles. The number of amides is 1. The third kappa shape index (κ3) is 8.59. The van der Waals surface area contributed by atoms with Gasteiger partial charge in [-0.05, 0) is 92.7 Å². The molecule has 5 rings (SSSR count). The van der Waals surface area contributed by atoms with Crippen LogP contribution in [0.15, 0.2) is 67.0 Å². The summed E-state index contributed by atoms with van der Waals surface area (Å²) in [7, 11) is 0. The zero-order valence-electron chi connectivity index (χ0n) is 25.9. The summed E-state index contributed by atoms with van der Waals surface area (Å²) in [6.07, 6.45) is 0.0659. The second kappa shape index (κ2) is 14.0. The van der Waals surface area contributed by atoms with Crippen LogP contribution in [0.25, 0.3) is 17.1 Å². The SMILES string of the molecule is Cc1cc(C)c(N2CCCSC2NC(=O)CC(C)CCc2ccc(-c3ncn(-c4ccc(OC(F)(F)F)cc4)n3)cc2)c(C)c1. The molecule has 0 spiro atoms. The first kappa shape index (κ1) is 32.4. The van der Waals surface area contributed by atoms with E-state index >= 15 is 0 Å². The van der Waals surface area contributed by atoms with Gasteiger partial charge in [0, 0.05) is 24.2 Å². The van der Waals surface area contributed by atoms with Gasteiger partial charge in [0.1, 0.15) is 17.6 Å². The van der Waals surface area contributed by atoms with E-state index in [1.165, 1.54) is 57.7 Å². The average molecular weight is 638 g/mol. The van der Waals surface area contributed by atoms with Crippen LogP contribution in [0.4, 0.5) is 18.9 Å². The first-order chi connectivity index (χ1) is 21.4. The van der Waals surface area contributed by atoms with Gasteiger partial charge in [-0.15, -0.1) is 30.0 Å². The maximum atomic E-state index is 13.1. The van der Waals surface area contributed by atoms with E-state index in [1.54, 1.807) is 11.8 Å². The zero-order chi connectivity index (χ0) is 32.1. The van der Waals surface area contributed by atoms with Crippen molar-refractivity contribution in [3.8, 4) is 22.8 Å². The van der Waals surface area contributed by atoms with E-state index < -0.39 is 6.36 Å². The Morgan fingerprint density at radius 1 is 1.07 bits per heavy atom. The fourth-order valence-electron chi connectivity index (χ4n) is 5.78. The summed E-state index contributed by atoms with van der Waals surface area (Å²) in [6.45, 7) is 9.46. The molecule has 0 radical (unpaired) electrons. The minimum atomic E-state index is -4.74. The predicted molar refractivity (Wildman–Crippen MR) is 173 cm³/mol. The molecule has 11 heteroatoms. The molecule has 1 aromatic heterocycles. The Morgan fingerprint density at radius 2 is 1.76 bits per heavy atom. The molecule has 2 heterocycles. The predicted octanol–water partition coefficient (Wildman–Crippen LogP) is 7.76. The van der Waals surface area contributed by atoms with E-state index in [4.69, 9.17) is 0 Å². The molecule has 1 amide bonds. The molecular weight excluding hydrogens is 599 g/mol. The lowest BCUT2D eigenvalue weighted by Crippen LogP contribution is -2.50. The molecule has 2 unspecified atom stereocenters. The number of nitrogens with one attached hydrogen (secondary N) is 1. The molecule has 0 aliphatic carbocycles. The van der Waals surface area contributed by atoms with Gasteiger partial charge in [-0.1, -0.05) is 48.9 Å². The third-order valence-corrected chi connectivity index (χ3v) is 9.02. The number of benzene rings is 3. The summed E-state index contributed by atoms with van der Waals surface area (Å²) in [5, 5.41) is 7.77. The molecule has 7 nitrogen and oxygen atoms in total. The summed E-state index contributed by atoms with van der Waals surface area (Å²) in [5.41, 5.74) is 7.45. The van der Waals surface area contributed by atoms with E-state index in [1.807, 2.05) is 24.3 Å². The van der Waals surface area contributed by atoms with Gasteiger partial charge in [-0.3, -0.25) is 4.79 Å². The molecule has 45 heavy (non-hydrogen) atoms. The van der Waals surface area contributed by atoms with E-state index in [0.717, 1.165) is 42.7 Å². The number of hydrogen-bond acceptors (Lipinski definition) is 6. The van der Waals surface area contributed by atoms with Crippen LogP contribution in [0.1, 0.15) is 48.4 Å². The van der Waals surface area contributed by atoms with Crippen LogP contribution in [0.2, 0.25) is 0 Å². The van der Waals surface area contributed by atoms with Crippen LogP contribution in [0.5, 0.6) is 5.75 Å². The normalized spacial score (nSPS) is 16.0. The number of carbonyl (C=O) groups is 1. The first-order valence-electron chi connectivity index (χ1n) is 15.1. The molecular formula is C34H38F3N5O2S. The van der Waals surface area contributed by atoms with E-state index in [9.17, 15) is 18.0 Å². The number of aryl methyl sites for hydroxylation is 4. The first-order valence-corrected chi connectivity index (χ1v) is 16.1. The molecule has 1 fully saturated rings. The highest BCUT2D eigenvalue weighted by Crippen LogP contribution is 2.33.